The lowest BCUT2D eigenvalue weighted by Crippen LogP contribution is -2.31. The summed E-state index contributed by atoms with van der Waals surface area (Å²) in [5.74, 6) is -0.145. The van der Waals surface area contributed by atoms with Gasteiger partial charge in [-0.3, -0.25) is 0 Å². The molecule has 1 aliphatic rings. The zero-order chi connectivity index (χ0) is 13.1. The van der Waals surface area contributed by atoms with Crippen molar-refractivity contribution in [2.75, 3.05) is 32.0 Å². The van der Waals surface area contributed by atoms with E-state index in [4.69, 9.17) is 10.5 Å². The first-order valence-electron chi connectivity index (χ1n) is 5.48. The van der Waals surface area contributed by atoms with E-state index < -0.39 is 5.82 Å². The summed E-state index contributed by atoms with van der Waals surface area (Å²) >= 11 is 3.04. The lowest BCUT2D eigenvalue weighted by Gasteiger charge is -2.15. The predicted octanol–water partition coefficient (Wildman–Crippen LogP) is 1.57. The lowest BCUT2D eigenvalue weighted by molar-refractivity contribution is 0.202. The van der Waals surface area contributed by atoms with Crippen LogP contribution in [-0.4, -0.2) is 37.2 Å². The molecule has 18 heavy (non-hydrogen) atoms. The molecule has 1 saturated heterocycles. The first kappa shape index (κ1) is 12.9. The highest BCUT2D eigenvalue weighted by Gasteiger charge is 2.18. The van der Waals surface area contributed by atoms with Gasteiger partial charge in [0, 0.05) is 19.2 Å². The number of nitrogens with zero attached hydrogens (tertiary/aromatic N) is 1. The van der Waals surface area contributed by atoms with Crippen LogP contribution >= 0.6 is 15.9 Å². The fraction of sp³-hybridized carbons (Fsp3) is 0.364. The number of nitrogens with two attached hydrogens (primary N) is 1. The van der Waals surface area contributed by atoms with E-state index in [0.29, 0.717) is 29.8 Å². The molecule has 0 radical (unpaired) electrons. The third-order valence-electron chi connectivity index (χ3n) is 2.62. The second kappa shape index (κ2) is 5.43. The fourth-order valence-electron chi connectivity index (χ4n) is 1.66. The first-order chi connectivity index (χ1) is 8.58. The van der Waals surface area contributed by atoms with Gasteiger partial charge in [-0.2, -0.15) is 0 Å². The van der Waals surface area contributed by atoms with Gasteiger partial charge >= 0.3 is 6.03 Å². The summed E-state index contributed by atoms with van der Waals surface area (Å²) in [6.45, 7) is 2.03. The molecule has 0 aromatic heterocycles. The van der Waals surface area contributed by atoms with Crippen molar-refractivity contribution in [3.8, 4) is 5.75 Å². The molecule has 1 aromatic rings. The Labute approximate surface area is 112 Å². The van der Waals surface area contributed by atoms with Crippen molar-refractivity contribution in [3.63, 3.8) is 0 Å². The van der Waals surface area contributed by atoms with Gasteiger partial charge in [-0.25, -0.2) is 9.18 Å². The maximum Gasteiger partial charge on any atom is 0.317 e. The number of hydrogen-bond acceptors (Lipinski definition) is 3. The maximum atomic E-state index is 13.3. The average molecular weight is 318 g/mol. The largest absolute Gasteiger partial charge is 0.489 e. The van der Waals surface area contributed by atoms with Crippen LogP contribution in [0.1, 0.15) is 0 Å². The number of amides is 2. The van der Waals surface area contributed by atoms with Gasteiger partial charge in [-0.15, -0.1) is 0 Å². The van der Waals surface area contributed by atoms with Crippen molar-refractivity contribution in [1.29, 1.82) is 0 Å². The molecule has 7 heteroatoms. The van der Waals surface area contributed by atoms with Crippen LogP contribution < -0.4 is 15.8 Å². The SMILES string of the molecule is Nc1cc(Br)c(F)cc1OCCN1CCNC1=O. The lowest BCUT2D eigenvalue weighted by atomic mass is 10.3. The van der Waals surface area contributed by atoms with Crippen molar-refractivity contribution in [2.45, 2.75) is 0 Å². The number of carbonyl (C=O) groups excluding carboxylic acids is 1. The Bertz CT molecular complexity index is 470. The number of benzene rings is 1. The minimum atomic E-state index is -0.432. The van der Waals surface area contributed by atoms with Crippen molar-refractivity contribution >= 4 is 27.6 Å². The van der Waals surface area contributed by atoms with E-state index in [1.807, 2.05) is 0 Å². The number of ether oxygens (including phenoxy) is 1. The van der Waals surface area contributed by atoms with Crippen LogP contribution in [0.3, 0.4) is 0 Å². The molecule has 0 bridgehead atoms. The smallest absolute Gasteiger partial charge is 0.317 e. The Morgan fingerprint density at radius 2 is 2.33 bits per heavy atom. The van der Waals surface area contributed by atoms with Gasteiger partial charge < -0.3 is 20.7 Å². The topological polar surface area (TPSA) is 67.6 Å². The van der Waals surface area contributed by atoms with Crippen LogP contribution in [0.5, 0.6) is 5.75 Å². The van der Waals surface area contributed by atoms with E-state index in [1.165, 1.54) is 12.1 Å². The zero-order valence-electron chi connectivity index (χ0n) is 9.58. The fourth-order valence-corrected chi connectivity index (χ4v) is 2.02. The summed E-state index contributed by atoms with van der Waals surface area (Å²) in [4.78, 5) is 12.9. The first-order valence-corrected chi connectivity index (χ1v) is 6.27. The van der Waals surface area contributed by atoms with E-state index >= 15 is 0 Å². The zero-order valence-corrected chi connectivity index (χ0v) is 11.2. The van der Waals surface area contributed by atoms with E-state index in [1.54, 1.807) is 4.90 Å². The van der Waals surface area contributed by atoms with E-state index in [0.717, 1.165) is 0 Å². The molecule has 98 valence electrons. The number of nitrogen functional groups attached to an aromatic ring is 1. The van der Waals surface area contributed by atoms with Crippen LogP contribution in [0.2, 0.25) is 0 Å². The minimum absolute atomic E-state index is 0.103. The minimum Gasteiger partial charge on any atom is -0.489 e. The van der Waals surface area contributed by atoms with E-state index in [-0.39, 0.29) is 18.4 Å². The molecule has 0 unspecified atom stereocenters. The Hall–Kier alpha value is -1.50. The van der Waals surface area contributed by atoms with Crippen LogP contribution in [-0.2, 0) is 0 Å². The second-order valence-corrected chi connectivity index (χ2v) is 4.73. The summed E-state index contributed by atoms with van der Waals surface area (Å²) in [5.41, 5.74) is 6.05. The Kier molecular flexibility index (Phi) is 3.90. The second-order valence-electron chi connectivity index (χ2n) is 3.87. The Balaban J connectivity index is 1.90. The van der Waals surface area contributed by atoms with Crippen molar-refractivity contribution < 1.29 is 13.9 Å². The third-order valence-corrected chi connectivity index (χ3v) is 3.22. The molecule has 0 atom stereocenters. The summed E-state index contributed by atoms with van der Waals surface area (Å²) in [6, 6.07) is 2.57. The highest BCUT2D eigenvalue weighted by Crippen LogP contribution is 2.28. The van der Waals surface area contributed by atoms with Gasteiger partial charge in [0.15, 0.2) is 0 Å². The standard InChI is InChI=1S/C11H13BrFN3O2/c12-7-5-9(14)10(6-8(7)13)18-4-3-16-2-1-15-11(16)17/h5-6H,1-4,14H2,(H,15,17). The van der Waals surface area contributed by atoms with Crippen LogP contribution in [0.25, 0.3) is 0 Å². The number of nitrogens with one attached hydrogen (secondary N) is 1. The van der Waals surface area contributed by atoms with Crippen molar-refractivity contribution in [1.82, 2.24) is 10.2 Å². The summed E-state index contributed by atoms with van der Waals surface area (Å²) in [6.07, 6.45) is 0. The highest BCUT2D eigenvalue weighted by atomic mass is 79.9. The van der Waals surface area contributed by atoms with Gasteiger partial charge in [-0.1, -0.05) is 0 Å². The monoisotopic (exact) mass is 317 g/mol. The quantitative estimate of drug-likeness (QED) is 0.828. The average Bonchev–Trinajstić information content (AvgIpc) is 2.72. The molecule has 1 heterocycles. The number of carbonyl (C=O) groups is 1. The molecule has 0 saturated carbocycles. The molecular weight excluding hydrogens is 305 g/mol. The van der Waals surface area contributed by atoms with Crippen LogP contribution in [0.4, 0.5) is 14.9 Å². The molecule has 0 aliphatic carbocycles. The van der Waals surface area contributed by atoms with E-state index in [2.05, 4.69) is 21.2 Å². The van der Waals surface area contributed by atoms with Gasteiger partial charge in [0.1, 0.15) is 18.2 Å². The van der Waals surface area contributed by atoms with Gasteiger partial charge in [0.05, 0.1) is 16.7 Å². The highest BCUT2D eigenvalue weighted by molar-refractivity contribution is 9.10. The molecule has 1 fully saturated rings. The molecule has 3 N–H and O–H groups in total. The predicted molar refractivity (Wildman–Crippen MR) is 69.0 cm³/mol. The summed E-state index contributed by atoms with van der Waals surface area (Å²) < 4.78 is 19.0. The number of halogens is 2. The molecule has 5 nitrogen and oxygen atoms in total. The molecule has 2 amide bonds. The third kappa shape index (κ3) is 2.84. The molecule has 1 aromatic carbocycles. The van der Waals surface area contributed by atoms with Gasteiger partial charge in [-0.05, 0) is 22.0 Å². The Morgan fingerprint density at radius 3 is 3.00 bits per heavy atom. The molecule has 2 rings (SSSR count). The molecule has 1 aliphatic heterocycles. The Morgan fingerprint density at radius 1 is 1.56 bits per heavy atom. The maximum absolute atomic E-state index is 13.3. The normalized spacial score (nSPS) is 14.8. The molecular formula is C11H13BrFN3O2. The van der Waals surface area contributed by atoms with Gasteiger partial charge in [0.2, 0.25) is 0 Å². The summed E-state index contributed by atoms with van der Waals surface area (Å²) in [7, 11) is 0. The summed E-state index contributed by atoms with van der Waals surface area (Å²) in [5, 5.41) is 2.69. The van der Waals surface area contributed by atoms with Crippen molar-refractivity contribution in [3.05, 3.63) is 22.4 Å². The van der Waals surface area contributed by atoms with E-state index in [9.17, 15) is 9.18 Å². The number of hydrogen-bond donors (Lipinski definition) is 2. The molecule has 0 spiro atoms. The van der Waals surface area contributed by atoms with Crippen molar-refractivity contribution in [2.24, 2.45) is 0 Å². The van der Waals surface area contributed by atoms with Crippen LogP contribution in [0.15, 0.2) is 16.6 Å². The van der Waals surface area contributed by atoms with Crippen LogP contribution in [0, 0.1) is 5.82 Å². The number of anilines is 1. The number of rotatable bonds is 4. The number of urea groups is 1. The van der Waals surface area contributed by atoms with Gasteiger partial charge in [0.25, 0.3) is 0 Å².